The summed E-state index contributed by atoms with van der Waals surface area (Å²) in [5.41, 5.74) is 6.75. The molecule has 10 N–H and O–H groups in total. The van der Waals surface area contributed by atoms with Gasteiger partial charge in [-0.15, -0.1) is 0 Å². The third-order valence-electron chi connectivity index (χ3n) is 14.5. The Bertz CT molecular complexity index is 3110. The summed E-state index contributed by atoms with van der Waals surface area (Å²) in [5.74, 6) is -5.69. The largest absolute Gasteiger partial charge is 0.508 e. The van der Waals surface area contributed by atoms with E-state index in [0.717, 1.165) is 0 Å². The molecule has 0 spiro atoms. The van der Waals surface area contributed by atoms with E-state index in [1.54, 1.807) is 121 Å². The molecule has 0 bridgehead atoms. The van der Waals surface area contributed by atoms with Gasteiger partial charge in [-0.05, 0) is 117 Å². The predicted molar refractivity (Wildman–Crippen MR) is 248 cm³/mol. The van der Waals surface area contributed by atoms with Crippen molar-refractivity contribution in [3.05, 3.63) is 212 Å². The normalized spacial score (nSPS) is 22.6. The van der Waals surface area contributed by atoms with Gasteiger partial charge in [-0.3, -0.25) is 0 Å². The highest BCUT2D eigenvalue weighted by Crippen LogP contribution is 2.69. The quantitative estimate of drug-likeness (QED) is 0.0780. The first-order valence-corrected chi connectivity index (χ1v) is 22.2. The fourth-order valence-corrected chi connectivity index (χ4v) is 12.0. The first-order valence-electron chi connectivity index (χ1n) is 22.2. The molecule has 0 unspecified atom stereocenters. The van der Waals surface area contributed by atoms with Crippen LogP contribution in [-0.4, -0.2) is 51.1 Å². The van der Waals surface area contributed by atoms with Crippen LogP contribution in [-0.2, 0) is 0 Å². The highest BCUT2D eigenvalue weighted by Gasteiger charge is 2.55. The minimum absolute atomic E-state index is 0.0182. The van der Waals surface area contributed by atoms with Crippen LogP contribution in [0.25, 0.3) is 0 Å². The van der Waals surface area contributed by atoms with Crippen LogP contribution in [0.2, 0.25) is 0 Å². The van der Waals surface area contributed by atoms with Crippen LogP contribution in [0.15, 0.2) is 146 Å². The van der Waals surface area contributed by atoms with E-state index in [1.807, 2.05) is 0 Å². The zero-order valence-electron chi connectivity index (χ0n) is 35.8. The average molecular weight is 907 g/mol. The van der Waals surface area contributed by atoms with Gasteiger partial charge in [0.2, 0.25) is 0 Å². The summed E-state index contributed by atoms with van der Waals surface area (Å²) < 4.78 is 13.7. The summed E-state index contributed by atoms with van der Waals surface area (Å²) in [7, 11) is 0. The number of phenolic OH excluding ortho intramolecular Hbond substituents is 10. The zero-order valence-corrected chi connectivity index (χ0v) is 35.8. The lowest BCUT2D eigenvalue weighted by Crippen LogP contribution is -2.26. The number of phenols is 10. The number of benzene rings is 8. The highest BCUT2D eigenvalue weighted by molar-refractivity contribution is 5.71. The van der Waals surface area contributed by atoms with E-state index in [9.17, 15) is 51.1 Å². The molecule has 2 heterocycles. The lowest BCUT2D eigenvalue weighted by molar-refractivity contribution is 0.221. The molecule has 0 radical (unpaired) electrons. The monoisotopic (exact) mass is 906 g/mol. The fraction of sp³-hybridized carbons (Fsp3) is 0.143. The number of rotatable bonds is 5. The maximum absolute atomic E-state index is 12.5. The Balaban J connectivity index is 1.25. The number of hydrogen-bond acceptors (Lipinski definition) is 12. The molecule has 2 aliphatic carbocycles. The van der Waals surface area contributed by atoms with E-state index in [0.29, 0.717) is 78.3 Å². The minimum Gasteiger partial charge on any atom is -0.508 e. The van der Waals surface area contributed by atoms with Gasteiger partial charge in [0.05, 0.1) is 11.8 Å². The molecule has 8 aromatic rings. The Morgan fingerprint density at radius 3 is 0.897 bits per heavy atom. The SMILES string of the molecule is Oc1ccc([C@H]2c3c(O)cc(O)cc3[C@H]3c4c(cc(O)cc4[C@H]2[C@H]2c4cc(O)cc5c4[C@@H](c4cc(O)cc(O)c4[C@H]2c2ccc(O)cc2)[C@H](c2ccc(O)cc2)O5)O[C@@H]3c2ccc(O)cc2)cc1. The van der Waals surface area contributed by atoms with Crippen molar-refractivity contribution in [2.45, 2.75) is 47.7 Å². The van der Waals surface area contributed by atoms with Crippen LogP contribution < -0.4 is 9.47 Å². The van der Waals surface area contributed by atoms with Gasteiger partial charge in [-0.25, -0.2) is 0 Å². The van der Waals surface area contributed by atoms with Crippen molar-refractivity contribution in [1.82, 2.24) is 0 Å². The van der Waals surface area contributed by atoms with Crippen LogP contribution in [0.5, 0.6) is 69.0 Å². The van der Waals surface area contributed by atoms with Crippen molar-refractivity contribution in [3.63, 3.8) is 0 Å². The zero-order chi connectivity index (χ0) is 46.9. The average Bonchev–Trinajstić information content (AvgIpc) is 3.81. The van der Waals surface area contributed by atoms with Gasteiger partial charge in [0, 0.05) is 70.2 Å². The Morgan fingerprint density at radius 2 is 0.559 bits per heavy atom. The van der Waals surface area contributed by atoms with Crippen molar-refractivity contribution in [1.29, 1.82) is 0 Å². The van der Waals surface area contributed by atoms with Crippen molar-refractivity contribution < 1.29 is 60.5 Å². The maximum atomic E-state index is 12.5. The topological polar surface area (TPSA) is 221 Å². The minimum atomic E-state index is -0.918. The molecule has 8 aromatic carbocycles. The molecular weight excluding hydrogens is 865 g/mol. The molecule has 12 heteroatoms. The lowest BCUT2D eigenvalue weighted by Gasteiger charge is -2.40. The third kappa shape index (κ3) is 6.20. The smallest absolute Gasteiger partial charge is 0.135 e. The molecule has 12 nitrogen and oxygen atoms in total. The van der Waals surface area contributed by atoms with Gasteiger partial charge in [0.25, 0.3) is 0 Å². The van der Waals surface area contributed by atoms with Crippen molar-refractivity contribution >= 4 is 0 Å². The van der Waals surface area contributed by atoms with Crippen LogP contribution in [0, 0.1) is 0 Å². The van der Waals surface area contributed by atoms with E-state index in [4.69, 9.17) is 9.47 Å². The Kier molecular flexibility index (Phi) is 8.97. The summed E-state index contributed by atoms with van der Waals surface area (Å²) in [6.45, 7) is 0. The Labute approximate surface area is 388 Å². The van der Waals surface area contributed by atoms with Gasteiger partial charge >= 0.3 is 0 Å². The number of aromatic hydroxyl groups is 10. The molecule has 338 valence electrons. The molecule has 0 fully saturated rings. The summed E-state index contributed by atoms with van der Waals surface area (Å²) in [6.07, 6.45) is -1.62. The number of hydrogen-bond donors (Lipinski definition) is 10. The number of ether oxygens (including phenoxy) is 2. The van der Waals surface area contributed by atoms with Crippen LogP contribution in [0.4, 0.5) is 0 Å². The molecule has 0 saturated carbocycles. The van der Waals surface area contributed by atoms with Crippen LogP contribution >= 0.6 is 0 Å². The summed E-state index contributed by atoms with van der Waals surface area (Å²) in [4.78, 5) is 0. The van der Waals surface area contributed by atoms with E-state index < -0.39 is 47.7 Å². The number of fused-ring (bicyclic) bond motifs is 4. The third-order valence-corrected chi connectivity index (χ3v) is 14.5. The molecule has 12 rings (SSSR count). The van der Waals surface area contributed by atoms with Crippen LogP contribution in [0.1, 0.15) is 114 Å². The van der Waals surface area contributed by atoms with Gasteiger partial charge in [-0.1, -0.05) is 48.5 Å². The summed E-state index contributed by atoms with van der Waals surface area (Å²) >= 11 is 0. The molecule has 2 aliphatic heterocycles. The molecule has 0 aromatic heterocycles. The van der Waals surface area contributed by atoms with Crippen molar-refractivity contribution in [3.8, 4) is 69.0 Å². The first kappa shape index (κ1) is 40.8. The fourth-order valence-electron chi connectivity index (χ4n) is 12.0. The van der Waals surface area contributed by atoms with Crippen molar-refractivity contribution in [2.24, 2.45) is 0 Å². The predicted octanol–water partition coefficient (Wildman–Crippen LogP) is 10.4. The summed E-state index contributed by atoms with van der Waals surface area (Å²) in [6, 6.07) is 38.4. The summed E-state index contributed by atoms with van der Waals surface area (Å²) in [5, 5.41) is 114. The molecule has 4 aliphatic rings. The second kappa shape index (κ2) is 14.9. The molecule has 8 atom stereocenters. The second-order valence-electron chi connectivity index (χ2n) is 18.2. The standard InChI is InChI=1S/C56H42O12/c57-29-9-1-25(2-10-29)45-47-37(17-33(61)21-41(47)65)53-49-39(19-35(63)23-43(49)67-55(53)27-5-13-31(59)14-6-27)51(45)52-40-20-36(64)24-44-50(40)54(56(68-44)28-7-15-32(60)16-8-28)38-18-34(62)22-42(66)48(38)46(52)26-3-11-30(58)12-4-26/h1-24,45-46,51-66H/t45-,46+,51+,52-,53-,54+,55+,56-. The Morgan fingerprint density at radius 1 is 0.265 bits per heavy atom. The second-order valence-corrected chi connectivity index (χ2v) is 18.2. The lowest BCUT2D eigenvalue weighted by atomic mass is 9.62. The molecule has 68 heavy (non-hydrogen) atoms. The molecule has 0 amide bonds. The molecule has 0 saturated heterocycles. The first-order chi connectivity index (χ1) is 32.8. The Hall–Kier alpha value is -8.64. The van der Waals surface area contributed by atoms with E-state index in [1.165, 1.54) is 24.3 Å². The van der Waals surface area contributed by atoms with Gasteiger partial charge in [-0.2, -0.15) is 0 Å². The van der Waals surface area contributed by atoms with Gasteiger partial charge < -0.3 is 60.5 Å². The van der Waals surface area contributed by atoms with Crippen LogP contribution in [0.3, 0.4) is 0 Å². The highest BCUT2D eigenvalue weighted by atomic mass is 16.5. The van der Waals surface area contributed by atoms with E-state index in [-0.39, 0.29) is 57.5 Å². The van der Waals surface area contributed by atoms with Gasteiger partial charge in [0.1, 0.15) is 81.2 Å². The van der Waals surface area contributed by atoms with Gasteiger partial charge in [0.15, 0.2) is 0 Å². The van der Waals surface area contributed by atoms with E-state index in [2.05, 4.69) is 0 Å². The maximum Gasteiger partial charge on any atom is 0.135 e. The van der Waals surface area contributed by atoms with E-state index >= 15 is 0 Å². The van der Waals surface area contributed by atoms with Crippen molar-refractivity contribution in [2.75, 3.05) is 0 Å². The molecular formula is C56H42O12.